The number of rotatable bonds is 6. The van der Waals surface area contributed by atoms with Crippen LogP contribution in [0.15, 0.2) is 36.8 Å². The largest absolute Gasteiger partial charge is 0.327 e. The summed E-state index contributed by atoms with van der Waals surface area (Å²) in [5.74, 6) is 0. The zero-order valence-corrected chi connectivity index (χ0v) is 10.8. The molecule has 4 nitrogen and oxygen atoms in total. The van der Waals surface area contributed by atoms with Gasteiger partial charge in [-0.15, -0.1) is 0 Å². The molecular formula is C14H20N4. The van der Waals surface area contributed by atoms with E-state index in [9.17, 15) is 0 Å². The van der Waals surface area contributed by atoms with Gasteiger partial charge in [0.2, 0.25) is 0 Å². The van der Waals surface area contributed by atoms with Crippen LogP contribution in [0.4, 0.5) is 0 Å². The van der Waals surface area contributed by atoms with Crippen LogP contribution in [0.2, 0.25) is 0 Å². The number of nitrogens with zero attached hydrogens (tertiary/aromatic N) is 3. The van der Waals surface area contributed by atoms with Crippen LogP contribution in [0.25, 0.3) is 0 Å². The van der Waals surface area contributed by atoms with Gasteiger partial charge in [-0.25, -0.2) is 0 Å². The average molecular weight is 244 g/mol. The average Bonchev–Trinajstić information content (AvgIpc) is 2.85. The number of aromatic nitrogens is 3. The second-order valence-corrected chi connectivity index (χ2v) is 4.53. The third kappa shape index (κ3) is 3.67. The maximum atomic E-state index is 6.14. The third-order valence-corrected chi connectivity index (χ3v) is 3.01. The fourth-order valence-electron chi connectivity index (χ4n) is 1.97. The van der Waals surface area contributed by atoms with Crippen LogP contribution in [0.5, 0.6) is 0 Å². The SMILES string of the molecule is CCn1cc(CC(N)CCc2ccccn2)cn1. The lowest BCUT2D eigenvalue weighted by Gasteiger charge is -2.09. The van der Waals surface area contributed by atoms with E-state index in [1.54, 1.807) is 0 Å². The molecular weight excluding hydrogens is 224 g/mol. The molecule has 0 radical (unpaired) electrons. The highest BCUT2D eigenvalue weighted by Crippen LogP contribution is 2.06. The molecule has 0 amide bonds. The fourth-order valence-corrected chi connectivity index (χ4v) is 1.97. The minimum Gasteiger partial charge on any atom is -0.327 e. The Kier molecular flexibility index (Phi) is 4.47. The topological polar surface area (TPSA) is 56.7 Å². The molecule has 4 heteroatoms. The predicted octanol–water partition coefficient (Wildman–Crippen LogP) is 1.80. The van der Waals surface area contributed by atoms with Gasteiger partial charge in [0.25, 0.3) is 0 Å². The first kappa shape index (κ1) is 12.8. The van der Waals surface area contributed by atoms with Gasteiger partial charge in [0.15, 0.2) is 0 Å². The van der Waals surface area contributed by atoms with Crippen LogP contribution in [0.3, 0.4) is 0 Å². The molecule has 0 saturated carbocycles. The van der Waals surface area contributed by atoms with Crippen molar-refractivity contribution in [3.63, 3.8) is 0 Å². The Morgan fingerprint density at radius 3 is 2.94 bits per heavy atom. The Morgan fingerprint density at radius 1 is 1.39 bits per heavy atom. The normalized spacial score (nSPS) is 12.6. The van der Waals surface area contributed by atoms with Gasteiger partial charge in [0.1, 0.15) is 0 Å². The zero-order valence-electron chi connectivity index (χ0n) is 10.8. The standard InChI is InChI=1S/C14H20N4/c1-2-18-11-12(10-17-18)9-13(15)6-7-14-5-3-4-8-16-14/h3-5,8,10-11,13H,2,6-7,9,15H2,1H3. The van der Waals surface area contributed by atoms with Gasteiger partial charge >= 0.3 is 0 Å². The molecule has 0 fully saturated rings. The summed E-state index contributed by atoms with van der Waals surface area (Å²) >= 11 is 0. The van der Waals surface area contributed by atoms with Crippen molar-refractivity contribution in [3.8, 4) is 0 Å². The van der Waals surface area contributed by atoms with Crippen LogP contribution in [-0.2, 0) is 19.4 Å². The van der Waals surface area contributed by atoms with Crippen molar-refractivity contribution in [1.29, 1.82) is 0 Å². The van der Waals surface area contributed by atoms with Crippen LogP contribution < -0.4 is 5.73 Å². The first-order chi connectivity index (χ1) is 8.78. The van der Waals surface area contributed by atoms with E-state index in [1.807, 2.05) is 35.3 Å². The van der Waals surface area contributed by atoms with Crippen molar-refractivity contribution in [2.45, 2.75) is 38.8 Å². The number of hydrogen-bond acceptors (Lipinski definition) is 3. The molecule has 0 aliphatic carbocycles. The molecule has 0 aliphatic heterocycles. The summed E-state index contributed by atoms with van der Waals surface area (Å²) in [7, 11) is 0. The zero-order chi connectivity index (χ0) is 12.8. The van der Waals surface area contributed by atoms with E-state index in [2.05, 4.69) is 23.2 Å². The Bertz CT molecular complexity index is 464. The molecule has 2 aromatic rings. The molecule has 0 spiro atoms. The second kappa shape index (κ2) is 6.31. The predicted molar refractivity (Wildman–Crippen MR) is 72.1 cm³/mol. The highest BCUT2D eigenvalue weighted by molar-refractivity contribution is 5.07. The smallest absolute Gasteiger partial charge is 0.0522 e. The van der Waals surface area contributed by atoms with E-state index < -0.39 is 0 Å². The van der Waals surface area contributed by atoms with Crippen LogP contribution in [0.1, 0.15) is 24.6 Å². The molecule has 1 unspecified atom stereocenters. The Balaban J connectivity index is 1.80. The summed E-state index contributed by atoms with van der Waals surface area (Å²) in [5, 5.41) is 4.25. The molecule has 0 saturated heterocycles. The summed E-state index contributed by atoms with van der Waals surface area (Å²) < 4.78 is 1.93. The molecule has 2 heterocycles. The number of nitrogens with two attached hydrogens (primary N) is 1. The maximum Gasteiger partial charge on any atom is 0.0522 e. The molecule has 1 atom stereocenters. The van der Waals surface area contributed by atoms with Crippen molar-refractivity contribution in [2.24, 2.45) is 5.73 Å². The molecule has 2 N–H and O–H groups in total. The number of pyridine rings is 1. The maximum absolute atomic E-state index is 6.14. The third-order valence-electron chi connectivity index (χ3n) is 3.01. The van der Waals surface area contributed by atoms with Gasteiger partial charge in [0.05, 0.1) is 6.20 Å². The summed E-state index contributed by atoms with van der Waals surface area (Å²) in [5.41, 5.74) is 8.46. The monoisotopic (exact) mass is 244 g/mol. The molecule has 2 rings (SSSR count). The minimum absolute atomic E-state index is 0.168. The first-order valence-corrected chi connectivity index (χ1v) is 6.44. The second-order valence-electron chi connectivity index (χ2n) is 4.53. The van der Waals surface area contributed by atoms with E-state index in [1.165, 1.54) is 5.56 Å². The van der Waals surface area contributed by atoms with E-state index in [-0.39, 0.29) is 6.04 Å². The molecule has 0 aromatic carbocycles. The Morgan fingerprint density at radius 2 is 2.28 bits per heavy atom. The molecule has 0 bridgehead atoms. The molecule has 2 aromatic heterocycles. The van der Waals surface area contributed by atoms with Crippen molar-refractivity contribution < 1.29 is 0 Å². The van der Waals surface area contributed by atoms with E-state index in [0.717, 1.165) is 31.5 Å². The number of aryl methyl sites for hydroxylation is 2. The lowest BCUT2D eigenvalue weighted by molar-refractivity contribution is 0.603. The quantitative estimate of drug-likeness (QED) is 0.843. The Labute approximate surface area is 108 Å². The van der Waals surface area contributed by atoms with Crippen LogP contribution in [0, 0.1) is 0 Å². The minimum atomic E-state index is 0.168. The van der Waals surface area contributed by atoms with Gasteiger partial charge in [-0.1, -0.05) is 6.07 Å². The summed E-state index contributed by atoms with van der Waals surface area (Å²) in [6.45, 7) is 2.99. The Hall–Kier alpha value is -1.68. The molecule has 96 valence electrons. The number of hydrogen-bond donors (Lipinski definition) is 1. The van der Waals surface area contributed by atoms with Gasteiger partial charge in [-0.2, -0.15) is 5.10 Å². The van der Waals surface area contributed by atoms with Crippen LogP contribution in [-0.4, -0.2) is 20.8 Å². The van der Waals surface area contributed by atoms with Gasteiger partial charge in [-0.3, -0.25) is 9.67 Å². The fraction of sp³-hybridized carbons (Fsp3) is 0.429. The highest BCUT2D eigenvalue weighted by atomic mass is 15.3. The van der Waals surface area contributed by atoms with Gasteiger partial charge < -0.3 is 5.73 Å². The lowest BCUT2D eigenvalue weighted by Crippen LogP contribution is -2.23. The van der Waals surface area contributed by atoms with Crippen molar-refractivity contribution in [1.82, 2.24) is 14.8 Å². The highest BCUT2D eigenvalue weighted by Gasteiger charge is 2.06. The van der Waals surface area contributed by atoms with Crippen molar-refractivity contribution in [3.05, 3.63) is 48.0 Å². The van der Waals surface area contributed by atoms with Gasteiger partial charge in [0, 0.05) is 30.7 Å². The lowest BCUT2D eigenvalue weighted by atomic mass is 10.0. The first-order valence-electron chi connectivity index (χ1n) is 6.44. The summed E-state index contributed by atoms with van der Waals surface area (Å²) in [6.07, 6.45) is 8.57. The summed E-state index contributed by atoms with van der Waals surface area (Å²) in [4.78, 5) is 4.30. The molecule has 0 aliphatic rings. The van der Waals surface area contributed by atoms with E-state index in [0.29, 0.717) is 0 Å². The van der Waals surface area contributed by atoms with Crippen LogP contribution >= 0.6 is 0 Å². The van der Waals surface area contributed by atoms with Crippen molar-refractivity contribution >= 4 is 0 Å². The molecule has 18 heavy (non-hydrogen) atoms. The van der Waals surface area contributed by atoms with E-state index >= 15 is 0 Å². The summed E-state index contributed by atoms with van der Waals surface area (Å²) in [6, 6.07) is 6.16. The van der Waals surface area contributed by atoms with Crippen molar-refractivity contribution in [2.75, 3.05) is 0 Å². The van der Waals surface area contributed by atoms with E-state index in [4.69, 9.17) is 5.73 Å². The van der Waals surface area contributed by atoms with Gasteiger partial charge in [-0.05, 0) is 43.9 Å².